The van der Waals surface area contributed by atoms with Gasteiger partial charge in [-0.2, -0.15) is 0 Å². The molecule has 0 saturated carbocycles. The Morgan fingerprint density at radius 3 is 2.27 bits per heavy atom. The lowest BCUT2D eigenvalue weighted by atomic mass is 10.1. The molecule has 3 heteroatoms. The van der Waals surface area contributed by atoms with Crippen LogP contribution in [0.2, 0.25) is 0 Å². The minimum absolute atomic E-state index is 0.754. The van der Waals surface area contributed by atoms with Gasteiger partial charge in [0.05, 0.1) is 11.4 Å². The first-order valence-corrected chi connectivity index (χ1v) is 7.30. The Kier molecular flexibility index (Phi) is 2.70. The molecule has 2 heterocycles. The lowest BCUT2D eigenvalue weighted by molar-refractivity contribution is 0.112. The summed E-state index contributed by atoms with van der Waals surface area (Å²) < 4.78 is 4.25. The van der Waals surface area contributed by atoms with Crippen molar-refractivity contribution >= 4 is 28.1 Å². The SMILES string of the molecule is Cn1c(-c2c(C=O)c3ccccc3n2C)cc2ccccc21. The van der Waals surface area contributed by atoms with Crippen LogP contribution in [0.25, 0.3) is 33.2 Å². The summed E-state index contributed by atoms with van der Waals surface area (Å²) in [7, 11) is 4.06. The third-order valence-corrected chi connectivity index (χ3v) is 4.46. The third kappa shape index (κ3) is 1.59. The molecule has 0 atom stereocenters. The topological polar surface area (TPSA) is 26.9 Å². The average molecular weight is 288 g/mol. The molecule has 0 aliphatic heterocycles. The van der Waals surface area contributed by atoms with Gasteiger partial charge < -0.3 is 9.13 Å². The minimum Gasteiger partial charge on any atom is -0.342 e. The molecule has 0 spiro atoms. The van der Waals surface area contributed by atoms with Gasteiger partial charge in [0, 0.05) is 41.5 Å². The van der Waals surface area contributed by atoms with E-state index in [1.807, 2.05) is 44.4 Å². The van der Waals surface area contributed by atoms with Gasteiger partial charge in [-0.05, 0) is 18.2 Å². The number of aryl methyl sites for hydroxylation is 2. The summed E-state index contributed by atoms with van der Waals surface area (Å²) in [5, 5.41) is 2.18. The molecule has 0 unspecified atom stereocenters. The fraction of sp³-hybridized carbons (Fsp3) is 0.105. The number of benzene rings is 2. The van der Waals surface area contributed by atoms with E-state index in [9.17, 15) is 4.79 Å². The van der Waals surface area contributed by atoms with Gasteiger partial charge in [-0.25, -0.2) is 0 Å². The van der Waals surface area contributed by atoms with Crippen molar-refractivity contribution in [1.29, 1.82) is 0 Å². The van der Waals surface area contributed by atoms with E-state index in [-0.39, 0.29) is 0 Å². The molecule has 0 N–H and O–H groups in total. The number of hydrogen-bond donors (Lipinski definition) is 0. The van der Waals surface area contributed by atoms with E-state index in [1.165, 1.54) is 10.9 Å². The van der Waals surface area contributed by atoms with Gasteiger partial charge in [0.15, 0.2) is 6.29 Å². The van der Waals surface area contributed by atoms with Crippen molar-refractivity contribution in [2.45, 2.75) is 0 Å². The summed E-state index contributed by atoms with van der Waals surface area (Å²) in [5.74, 6) is 0. The average Bonchev–Trinajstić information content (AvgIpc) is 3.03. The number of fused-ring (bicyclic) bond motifs is 2. The predicted molar refractivity (Wildman–Crippen MR) is 90.2 cm³/mol. The van der Waals surface area contributed by atoms with Crippen molar-refractivity contribution in [3.63, 3.8) is 0 Å². The molecule has 108 valence electrons. The minimum atomic E-state index is 0.754. The number of carbonyl (C=O) groups excluding carboxylic acids is 1. The fourth-order valence-electron chi connectivity index (χ4n) is 3.37. The Balaban J connectivity index is 2.14. The lowest BCUT2D eigenvalue weighted by Crippen LogP contribution is -1.99. The Morgan fingerprint density at radius 1 is 0.864 bits per heavy atom. The Hall–Kier alpha value is -2.81. The van der Waals surface area contributed by atoms with Crippen LogP contribution in [0, 0.1) is 0 Å². The highest BCUT2D eigenvalue weighted by Gasteiger charge is 2.19. The standard InChI is InChI=1S/C19H16N2O/c1-20-16-9-5-3-7-13(16)11-18(20)19-15(12-22)14-8-4-6-10-17(14)21(19)2/h3-12H,1-2H3. The van der Waals surface area contributed by atoms with Gasteiger partial charge in [0.25, 0.3) is 0 Å². The van der Waals surface area contributed by atoms with Crippen LogP contribution in [-0.2, 0) is 14.1 Å². The molecule has 0 radical (unpaired) electrons. The van der Waals surface area contributed by atoms with Gasteiger partial charge in [0.1, 0.15) is 0 Å². The zero-order chi connectivity index (χ0) is 15.3. The number of aldehydes is 1. The molecule has 0 saturated heterocycles. The molecule has 0 aliphatic rings. The first-order valence-electron chi connectivity index (χ1n) is 7.30. The van der Waals surface area contributed by atoms with E-state index < -0.39 is 0 Å². The summed E-state index contributed by atoms with van der Waals surface area (Å²) >= 11 is 0. The van der Waals surface area contributed by atoms with Crippen LogP contribution >= 0.6 is 0 Å². The first-order chi connectivity index (χ1) is 10.7. The van der Waals surface area contributed by atoms with E-state index in [4.69, 9.17) is 0 Å². The van der Waals surface area contributed by atoms with Crippen molar-refractivity contribution in [1.82, 2.24) is 9.13 Å². The highest BCUT2D eigenvalue weighted by Crippen LogP contribution is 2.34. The number of nitrogens with zero attached hydrogens (tertiary/aromatic N) is 2. The van der Waals surface area contributed by atoms with Gasteiger partial charge >= 0.3 is 0 Å². The number of hydrogen-bond acceptors (Lipinski definition) is 1. The summed E-state index contributed by atoms with van der Waals surface area (Å²) in [6.07, 6.45) is 0.968. The Labute approximate surface area is 128 Å². The van der Waals surface area contributed by atoms with Crippen LogP contribution in [0.4, 0.5) is 0 Å². The number of para-hydroxylation sites is 2. The monoisotopic (exact) mass is 288 g/mol. The highest BCUT2D eigenvalue weighted by molar-refractivity contribution is 6.05. The molecule has 2 aromatic heterocycles. The summed E-state index contributed by atoms with van der Waals surface area (Å²) in [5.41, 5.74) is 5.02. The maximum Gasteiger partial charge on any atom is 0.152 e. The summed E-state index contributed by atoms with van der Waals surface area (Å²) in [6.45, 7) is 0. The number of aromatic nitrogens is 2. The zero-order valence-electron chi connectivity index (χ0n) is 12.6. The first kappa shape index (κ1) is 12.9. The normalized spacial score (nSPS) is 11.4. The van der Waals surface area contributed by atoms with Crippen LogP contribution in [0.5, 0.6) is 0 Å². The van der Waals surface area contributed by atoms with Crippen molar-refractivity contribution in [2.75, 3.05) is 0 Å². The van der Waals surface area contributed by atoms with Crippen LogP contribution in [-0.4, -0.2) is 15.4 Å². The molecular formula is C19H16N2O. The Bertz CT molecular complexity index is 1020. The van der Waals surface area contributed by atoms with Crippen LogP contribution in [0.15, 0.2) is 54.6 Å². The molecule has 0 amide bonds. The fourth-order valence-corrected chi connectivity index (χ4v) is 3.37. The molecule has 0 bridgehead atoms. The van der Waals surface area contributed by atoms with Crippen molar-refractivity contribution < 1.29 is 4.79 Å². The van der Waals surface area contributed by atoms with Crippen molar-refractivity contribution in [3.8, 4) is 11.4 Å². The second-order valence-electron chi connectivity index (χ2n) is 5.60. The van der Waals surface area contributed by atoms with E-state index in [0.717, 1.165) is 34.1 Å². The van der Waals surface area contributed by atoms with Crippen LogP contribution in [0.1, 0.15) is 10.4 Å². The molecule has 2 aromatic carbocycles. The second-order valence-corrected chi connectivity index (χ2v) is 5.60. The van der Waals surface area contributed by atoms with E-state index in [0.29, 0.717) is 0 Å². The molecular weight excluding hydrogens is 272 g/mol. The second kappa shape index (κ2) is 4.60. The quantitative estimate of drug-likeness (QED) is 0.509. The van der Waals surface area contributed by atoms with Gasteiger partial charge in [-0.1, -0.05) is 36.4 Å². The van der Waals surface area contributed by atoms with Gasteiger partial charge in [-0.15, -0.1) is 0 Å². The van der Waals surface area contributed by atoms with Crippen molar-refractivity contribution in [2.24, 2.45) is 14.1 Å². The molecule has 4 rings (SSSR count). The van der Waals surface area contributed by atoms with Crippen molar-refractivity contribution in [3.05, 3.63) is 60.2 Å². The van der Waals surface area contributed by atoms with Gasteiger partial charge in [-0.3, -0.25) is 4.79 Å². The molecule has 4 aromatic rings. The third-order valence-electron chi connectivity index (χ3n) is 4.46. The van der Waals surface area contributed by atoms with Crippen LogP contribution in [0.3, 0.4) is 0 Å². The van der Waals surface area contributed by atoms with Gasteiger partial charge in [0.2, 0.25) is 0 Å². The maximum atomic E-state index is 11.7. The highest BCUT2D eigenvalue weighted by atomic mass is 16.1. The van der Waals surface area contributed by atoms with Crippen LogP contribution < -0.4 is 0 Å². The zero-order valence-corrected chi connectivity index (χ0v) is 12.6. The maximum absolute atomic E-state index is 11.7. The lowest BCUT2D eigenvalue weighted by Gasteiger charge is -2.07. The molecule has 3 nitrogen and oxygen atoms in total. The Morgan fingerprint density at radius 2 is 1.55 bits per heavy atom. The summed E-state index contributed by atoms with van der Waals surface area (Å²) in [4.78, 5) is 11.7. The molecule has 22 heavy (non-hydrogen) atoms. The largest absolute Gasteiger partial charge is 0.342 e. The van der Waals surface area contributed by atoms with E-state index in [1.54, 1.807) is 0 Å². The predicted octanol–water partition coefficient (Wildman–Crippen LogP) is 4.15. The molecule has 0 fully saturated rings. The van der Waals surface area contributed by atoms with E-state index in [2.05, 4.69) is 33.4 Å². The smallest absolute Gasteiger partial charge is 0.152 e. The molecule has 0 aliphatic carbocycles. The number of carbonyl (C=O) groups is 1. The van der Waals surface area contributed by atoms with E-state index >= 15 is 0 Å². The summed E-state index contributed by atoms with van der Waals surface area (Å²) in [6, 6.07) is 18.5. The number of rotatable bonds is 2.